The SMILES string of the molecule is Cc1ccc(CNC(=O)C(=O)O)nc1C. The third-order valence-electron chi connectivity index (χ3n) is 2.03. The summed E-state index contributed by atoms with van der Waals surface area (Å²) in [7, 11) is 0. The maximum atomic E-state index is 10.7. The summed E-state index contributed by atoms with van der Waals surface area (Å²) in [6, 6.07) is 3.63. The van der Waals surface area contributed by atoms with E-state index in [0.29, 0.717) is 5.69 Å². The van der Waals surface area contributed by atoms with E-state index in [2.05, 4.69) is 10.3 Å². The molecular formula is C10H12N2O3. The van der Waals surface area contributed by atoms with Crippen LogP contribution in [0.25, 0.3) is 0 Å². The van der Waals surface area contributed by atoms with Crippen LogP contribution in [0.3, 0.4) is 0 Å². The van der Waals surface area contributed by atoms with E-state index in [0.717, 1.165) is 11.3 Å². The molecule has 0 saturated carbocycles. The average Bonchev–Trinajstić information content (AvgIpc) is 2.19. The first-order chi connectivity index (χ1) is 7.00. The summed E-state index contributed by atoms with van der Waals surface area (Å²) >= 11 is 0. The molecule has 0 radical (unpaired) electrons. The minimum Gasteiger partial charge on any atom is -0.474 e. The number of aryl methyl sites for hydroxylation is 2. The van der Waals surface area contributed by atoms with Crippen molar-refractivity contribution in [3.63, 3.8) is 0 Å². The Morgan fingerprint density at radius 3 is 2.60 bits per heavy atom. The second-order valence-electron chi connectivity index (χ2n) is 3.19. The molecule has 5 heteroatoms. The highest BCUT2D eigenvalue weighted by atomic mass is 16.4. The van der Waals surface area contributed by atoms with Crippen molar-refractivity contribution in [1.82, 2.24) is 10.3 Å². The maximum Gasteiger partial charge on any atom is 0.394 e. The number of pyridine rings is 1. The molecule has 0 aromatic carbocycles. The van der Waals surface area contributed by atoms with Gasteiger partial charge in [-0.25, -0.2) is 4.79 Å². The number of carbonyl (C=O) groups is 2. The lowest BCUT2D eigenvalue weighted by Gasteiger charge is -2.04. The zero-order valence-electron chi connectivity index (χ0n) is 8.57. The first kappa shape index (κ1) is 11.2. The van der Waals surface area contributed by atoms with Crippen LogP contribution in [-0.2, 0) is 16.1 Å². The molecule has 0 bridgehead atoms. The van der Waals surface area contributed by atoms with Gasteiger partial charge in [-0.05, 0) is 25.5 Å². The minimum atomic E-state index is -1.49. The molecule has 80 valence electrons. The number of hydrogen-bond donors (Lipinski definition) is 2. The fourth-order valence-corrected chi connectivity index (χ4v) is 1.03. The van der Waals surface area contributed by atoms with Crippen LogP contribution >= 0.6 is 0 Å². The van der Waals surface area contributed by atoms with Crippen LogP contribution in [0.2, 0.25) is 0 Å². The number of aromatic nitrogens is 1. The van der Waals surface area contributed by atoms with Gasteiger partial charge in [0.15, 0.2) is 0 Å². The molecular weight excluding hydrogens is 196 g/mol. The van der Waals surface area contributed by atoms with Crippen LogP contribution in [0.1, 0.15) is 17.0 Å². The predicted molar refractivity (Wildman–Crippen MR) is 53.2 cm³/mol. The van der Waals surface area contributed by atoms with Gasteiger partial charge in [0, 0.05) is 5.69 Å². The smallest absolute Gasteiger partial charge is 0.394 e. The zero-order chi connectivity index (χ0) is 11.4. The second-order valence-corrected chi connectivity index (χ2v) is 3.19. The van der Waals surface area contributed by atoms with Gasteiger partial charge in [0.1, 0.15) is 0 Å². The molecule has 1 aromatic rings. The number of rotatable bonds is 2. The van der Waals surface area contributed by atoms with E-state index in [9.17, 15) is 9.59 Å². The molecule has 0 fully saturated rings. The van der Waals surface area contributed by atoms with E-state index < -0.39 is 11.9 Å². The highest BCUT2D eigenvalue weighted by Gasteiger charge is 2.10. The van der Waals surface area contributed by atoms with Crippen LogP contribution in [0.4, 0.5) is 0 Å². The van der Waals surface area contributed by atoms with Crippen LogP contribution in [0.5, 0.6) is 0 Å². The number of carbonyl (C=O) groups excluding carboxylic acids is 1. The molecule has 0 saturated heterocycles. The first-order valence-electron chi connectivity index (χ1n) is 4.45. The van der Waals surface area contributed by atoms with Crippen molar-refractivity contribution >= 4 is 11.9 Å². The molecule has 1 aromatic heterocycles. The number of aliphatic carboxylic acids is 1. The van der Waals surface area contributed by atoms with E-state index in [1.165, 1.54) is 0 Å². The highest BCUT2D eigenvalue weighted by Crippen LogP contribution is 2.04. The van der Waals surface area contributed by atoms with E-state index in [1.54, 1.807) is 6.07 Å². The van der Waals surface area contributed by atoms with Crippen LogP contribution in [-0.4, -0.2) is 22.0 Å². The van der Waals surface area contributed by atoms with Gasteiger partial charge in [0.05, 0.1) is 12.2 Å². The van der Waals surface area contributed by atoms with E-state index in [1.807, 2.05) is 19.9 Å². The number of hydrogen-bond acceptors (Lipinski definition) is 3. The van der Waals surface area contributed by atoms with Crippen molar-refractivity contribution in [2.45, 2.75) is 20.4 Å². The second kappa shape index (κ2) is 4.54. The van der Waals surface area contributed by atoms with Crippen LogP contribution < -0.4 is 5.32 Å². The highest BCUT2D eigenvalue weighted by molar-refractivity contribution is 6.31. The molecule has 1 heterocycles. The normalized spacial score (nSPS) is 9.73. The molecule has 0 aliphatic carbocycles. The lowest BCUT2D eigenvalue weighted by atomic mass is 10.2. The summed E-state index contributed by atoms with van der Waals surface area (Å²) in [5.74, 6) is -2.51. The van der Waals surface area contributed by atoms with Gasteiger partial charge in [0.25, 0.3) is 0 Å². The van der Waals surface area contributed by atoms with Crippen molar-refractivity contribution in [1.29, 1.82) is 0 Å². The van der Waals surface area contributed by atoms with Gasteiger partial charge >= 0.3 is 11.9 Å². The molecule has 5 nitrogen and oxygen atoms in total. The Labute approximate surface area is 87.1 Å². The van der Waals surface area contributed by atoms with Crippen molar-refractivity contribution in [3.05, 3.63) is 29.1 Å². The molecule has 0 aliphatic rings. The van der Waals surface area contributed by atoms with Crippen LogP contribution in [0.15, 0.2) is 12.1 Å². The van der Waals surface area contributed by atoms with E-state index in [4.69, 9.17) is 5.11 Å². The summed E-state index contributed by atoms with van der Waals surface area (Å²) in [5.41, 5.74) is 2.58. The van der Waals surface area contributed by atoms with E-state index in [-0.39, 0.29) is 6.54 Å². The van der Waals surface area contributed by atoms with Crippen LogP contribution in [0, 0.1) is 13.8 Å². The summed E-state index contributed by atoms with van der Waals surface area (Å²) in [6.45, 7) is 3.92. The predicted octanol–water partition coefficient (Wildman–Crippen LogP) is 0.399. The molecule has 15 heavy (non-hydrogen) atoms. The summed E-state index contributed by atoms with van der Waals surface area (Å²) in [4.78, 5) is 25.1. The summed E-state index contributed by atoms with van der Waals surface area (Å²) in [6.07, 6.45) is 0. The van der Waals surface area contributed by atoms with Gasteiger partial charge in [0.2, 0.25) is 0 Å². The fraction of sp³-hybridized carbons (Fsp3) is 0.300. The Bertz CT molecular complexity index is 402. The fourth-order valence-electron chi connectivity index (χ4n) is 1.03. The van der Waals surface area contributed by atoms with Gasteiger partial charge in [-0.2, -0.15) is 0 Å². The Morgan fingerprint density at radius 2 is 2.07 bits per heavy atom. The lowest BCUT2D eigenvalue weighted by Crippen LogP contribution is -2.30. The summed E-state index contributed by atoms with van der Waals surface area (Å²) < 4.78 is 0. The van der Waals surface area contributed by atoms with Crippen molar-refractivity contribution < 1.29 is 14.7 Å². The largest absolute Gasteiger partial charge is 0.474 e. The van der Waals surface area contributed by atoms with Crippen molar-refractivity contribution in [2.75, 3.05) is 0 Å². The Kier molecular flexibility index (Phi) is 3.38. The minimum absolute atomic E-state index is 0.131. The number of nitrogens with one attached hydrogen (secondary N) is 1. The topological polar surface area (TPSA) is 79.3 Å². The van der Waals surface area contributed by atoms with Gasteiger partial charge in [-0.1, -0.05) is 6.07 Å². The number of carboxylic acid groups (broad SMARTS) is 1. The summed E-state index contributed by atoms with van der Waals surface area (Å²) in [5, 5.41) is 10.6. The number of carboxylic acids is 1. The van der Waals surface area contributed by atoms with Gasteiger partial charge < -0.3 is 10.4 Å². The Balaban J connectivity index is 2.62. The Hall–Kier alpha value is -1.91. The number of amides is 1. The third-order valence-corrected chi connectivity index (χ3v) is 2.03. The molecule has 0 aliphatic heterocycles. The monoisotopic (exact) mass is 208 g/mol. The molecule has 2 N–H and O–H groups in total. The Morgan fingerprint density at radius 1 is 1.40 bits per heavy atom. The molecule has 0 spiro atoms. The molecule has 0 atom stereocenters. The van der Waals surface area contributed by atoms with Gasteiger partial charge in [-0.15, -0.1) is 0 Å². The van der Waals surface area contributed by atoms with Crippen molar-refractivity contribution in [3.8, 4) is 0 Å². The molecule has 1 rings (SSSR count). The lowest BCUT2D eigenvalue weighted by molar-refractivity contribution is -0.150. The molecule has 1 amide bonds. The first-order valence-corrected chi connectivity index (χ1v) is 4.45. The average molecular weight is 208 g/mol. The zero-order valence-corrected chi connectivity index (χ0v) is 8.57. The maximum absolute atomic E-state index is 10.7. The number of nitrogens with zero attached hydrogens (tertiary/aromatic N) is 1. The van der Waals surface area contributed by atoms with E-state index >= 15 is 0 Å². The quantitative estimate of drug-likeness (QED) is 0.689. The third kappa shape index (κ3) is 3.05. The van der Waals surface area contributed by atoms with Crippen molar-refractivity contribution in [2.24, 2.45) is 0 Å². The standard InChI is InChI=1S/C10H12N2O3/c1-6-3-4-8(12-7(6)2)5-11-9(13)10(14)15/h3-4H,5H2,1-2H3,(H,11,13)(H,14,15). The van der Waals surface area contributed by atoms with Gasteiger partial charge in [-0.3, -0.25) is 9.78 Å². The molecule has 0 unspecified atom stereocenters.